The van der Waals surface area contributed by atoms with Gasteiger partial charge < -0.3 is 11.1 Å². The van der Waals surface area contributed by atoms with Gasteiger partial charge in [-0.2, -0.15) is 0 Å². The van der Waals surface area contributed by atoms with E-state index in [1.165, 1.54) is 5.39 Å². The highest BCUT2D eigenvalue weighted by atomic mass is 16.2. The van der Waals surface area contributed by atoms with Crippen LogP contribution in [-0.4, -0.2) is 11.4 Å². The predicted molar refractivity (Wildman–Crippen MR) is 83.4 cm³/mol. The molecule has 2 atom stereocenters. The monoisotopic (exact) mass is 270 g/mol. The van der Waals surface area contributed by atoms with Crippen molar-refractivity contribution in [2.45, 2.75) is 38.8 Å². The lowest BCUT2D eigenvalue weighted by molar-refractivity contribution is -0.126. The van der Waals surface area contributed by atoms with Crippen molar-refractivity contribution in [2.24, 2.45) is 5.73 Å². The Kier molecular flexibility index (Phi) is 4.09. The third kappa shape index (κ3) is 2.83. The van der Waals surface area contributed by atoms with E-state index in [4.69, 9.17) is 5.73 Å². The third-order valence-electron chi connectivity index (χ3n) is 3.89. The largest absolute Gasteiger partial charge is 0.348 e. The lowest BCUT2D eigenvalue weighted by Gasteiger charge is -2.25. The van der Waals surface area contributed by atoms with Crippen LogP contribution in [-0.2, 0) is 4.79 Å². The molecule has 0 aliphatic heterocycles. The number of hydrogen-bond acceptors (Lipinski definition) is 2. The minimum absolute atomic E-state index is 0.0666. The van der Waals surface area contributed by atoms with Crippen molar-refractivity contribution >= 4 is 16.7 Å². The molecule has 0 aliphatic rings. The van der Waals surface area contributed by atoms with Gasteiger partial charge in [0.05, 0.1) is 11.6 Å². The van der Waals surface area contributed by atoms with E-state index in [0.29, 0.717) is 6.42 Å². The molecule has 0 spiro atoms. The van der Waals surface area contributed by atoms with Crippen LogP contribution in [0.3, 0.4) is 0 Å². The molecule has 20 heavy (non-hydrogen) atoms. The molecule has 2 unspecified atom stereocenters. The van der Waals surface area contributed by atoms with Crippen molar-refractivity contribution in [1.82, 2.24) is 5.32 Å². The van der Waals surface area contributed by atoms with Crippen LogP contribution in [0.4, 0.5) is 0 Å². The molecule has 2 aromatic rings. The summed E-state index contributed by atoms with van der Waals surface area (Å²) in [7, 11) is 0. The summed E-state index contributed by atoms with van der Waals surface area (Å²) in [5.74, 6) is -0.111. The van der Waals surface area contributed by atoms with Crippen LogP contribution >= 0.6 is 0 Å². The molecule has 2 aromatic carbocycles. The normalized spacial score (nSPS) is 15.6. The van der Waals surface area contributed by atoms with Crippen molar-refractivity contribution in [3.63, 3.8) is 0 Å². The molecule has 0 fully saturated rings. The van der Waals surface area contributed by atoms with Gasteiger partial charge in [-0.3, -0.25) is 4.79 Å². The topological polar surface area (TPSA) is 55.1 Å². The number of benzene rings is 2. The summed E-state index contributed by atoms with van der Waals surface area (Å²) < 4.78 is 0. The average Bonchev–Trinajstić information content (AvgIpc) is 2.46. The Morgan fingerprint density at radius 1 is 1.25 bits per heavy atom. The molecule has 0 aliphatic carbocycles. The Morgan fingerprint density at radius 3 is 2.60 bits per heavy atom. The summed E-state index contributed by atoms with van der Waals surface area (Å²) in [6.07, 6.45) is 0.612. The SMILES string of the molecule is CCC(C)(N)C(=O)NC(C)c1cccc2ccccc12. The van der Waals surface area contributed by atoms with Crippen LogP contribution in [0.5, 0.6) is 0 Å². The number of amides is 1. The number of nitrogens with one attached hydrogen (secondary N) is 1. The molecule has 0 aromatic heterocycles. The van der Waals surface area contributed by atoms with Gasteiger partial charge in [0.2, 0.25) is 5.91 Å². The predicted octanol–water partition coefficient (Wildman–Crippen LogP) is 3.14. The van der Waals surface area contributed by atoms with Gasteiger partial charge in [0, 0.05) is 0 Å². The summed E-state index contributed by atoms with van der Waals surface area (Å²) >= 11 is 0. The minimum atomic E-state index is -0.821. The first kappa shape index (κ1) is 14.5. The van der Waals surface area contributed by atoms with Crippen molar-refractivity contribution in [1.29, 1.82) is 0 Å². The second-order valence-corrected chi connectivity index (χ2v) is 5.53. The molecule has 0 saturated heterocycles. The molecule has 0 radical (unpaired) electrons. The Labute approximate surface area is 120 Å². The number of carbonyl (C=O) groups is 1. The van der Waals surface area contributed by atoms with Gasteiger partial charge in [-0.05, 0) is 36.6 Å². The summed E-state index contributed by atoms with van der Waals surface area (Å²) in [5, 5.41) is 5.36. The van der Waals surface area contributed by atoms with Gasteiger partial charge in [-0.15, -0.1) is 0 Å². The Hall–Kier alpha value is -1.87. The Morgan fingerprint density at radius 2 is 1.90 bits per heavy atom. The highest BCUT2D eigenvalue weighted by Gasteiger charge is 2.27. The number of nitrogens with two attached hydrogens (primary N) is 1. The van der Waals surface area contributed by atoms with Crippen LogP contribution in [0.25, 0.3) is 10.8 Å². The third-order valence-corrected chi connectivity index (χ3v) is 3.89. The average molecular weight is 270 g/mol. The van der Waals surface area contributed by atoms with E-state index in [2.05, 4.69) is 23.5 Å². The Bertz CT molecular complexity index is 614. The highest BCUT2D eigenvalue weighted by Crippen LogP contribution is 2.24. The van der Waals surface area contributed by atoms with Crippen LogP contribution in [0, 0.1) is 0 Å². The molecule has 1 amide bonds. The van der Waals surface area contributed by atoms with Crippen LogP contribution in [0.1, 0.15) is 38.8 Å². The zero-order valence-corrected chi connectivity index (χ0v) is 12.3. The van der Waals surface area contributed by atoms with E-state index < -0.39 is 5.54 Å². The zero-order valence-electron chi connectivity index (χ0n) is 12.3. The fraction of sp³-hybridized carbons (Fsp3) is 0.353. The van der Waals surface area contributed by atoms with Crippen molar-refractivity contribution in [3.05, 3.63) is 48.0 Å². The Balaban J connectivity index is 2.28. The van der Waals surface area contributed by atoms with E-state index in [1.807, 2.05) is 38.1 Å². The number of fused-ring (bicyclic) bond motifs is 1. The van der Waals surface area contributed by atoms with Crippen molar-refractivity contribution in [2.75, 3.05) is 0 Å². The summed E-state index contributed by atoms with van der Waals surface area (Å²) in [4.78, 5) is 12.2. The quantitative estimate of drug-likeness (QED) is 0.896. The number of carbonyl (C=O) groups excluding carboxylic acids is 1. The first-order valence-corrected chi connectivity index (χ1v) is 7.03. The van der Waals surface area contributed by atoms with Gasteiger partial charge in [0.1, 0.15) is 0 Å². The first-order chi connectivity index (χ1) is 9.45. The highest BCUT2D eigenvalue weighted by molar-refractivity contribution is 5.88. The zero-order chi connectivity index (χ0) is 14.8. The smallest absolute Gasteiger partial charge is 0.240 e. The molecular weight excluding hydrogens is 248 g/mol. The maximum absolute atomic E-state index is 12.2. The maximum atomic E-state index is 12.2. The van der Waals surface area contributed by atoms with Crippen molar-refractivity contribution < 1.29 is 4.79 Å². The van der Waals surface area contributed by atoms with Gasteiger partial charge in [-0.25, -0.2) is 0 Å². The lowest BCUT2D eigenvalue weighted by atomic mass is 9.96. The maximum Gasteiger partial charge on any atom is 0.240 e. The van der Waals surface area contributed by atoms with Crippen LogP contribution in [0.15, 0.2) is 42.5 Å². The van der Waals surface area contributed by atoms with E-state index in [-0.39, 0.29) is 11.9 Å². The summed E-state index contributed by atoms with van der Waals surface area (Å²) in [6, 6.07) is 14.3. The fourth-order valence-corrected chi connectivity index (χ4v) is 2.23. The molecule has 3 N–H and O–H groups in total. The molecule has 3 heteroatoms. The molecular formula is C17H22N2O. The standard InChI is InChI=1S/C17H22N2O/c1-4-17(3,18)16(20)19-12(2)14-11-7-9-13-8-5-6-10-15(13)14/h5-12H,4,18H2,1-3H3,(H,19,20). The van der Waals surface area contributed by atoms with Gasteiger partial charge in [0.15, 0.2) is 0 Å². The molecule has 2 rings (SSSR count). The molecule has 0 heterocycles. The summed E-state index contributed by atoms with van der Waals surface area (Å²) in [6.45, 7) is 5.67. The molecule has 106 valence electrons. The lowest BCUT2D eigenvalue weighted by Crippen LogP contribution is -2.51. The molecule has 0 bridgehead atoms. The van der Waals surface area contributed by atoms with Crippen LogP contribution in [0.2, 0.25) is 0 Å². The second kappa shape index (κ2) is 5.63. The van der Waals surface area contributed by atoms with E-state index in [9.17, 15) is 4.79 Å². The fourth-order valence-electron chi connectivity index (χ4n) is 2.23. The van der Waals surface area contributed by atoms with Crippen LogP contribution < -0.4 is 11.1 Å². The van der Waals surface area contributed by atoms with Crippen molar-refractivity contribution in [3.8, 4) is 0 Å². The second-order valence-electron chi connectivity index (χ2n) is 5.53. The van der Waals surface area contributed by atoms with Gasteiger partial charge in [-0.1, -0.05) is 49.4 Å². The van der Waals surface area contributed by atoms with E-state index in [1.54, 1.807) is 6.92 Å². The van der Waals surface area contributed by atoms with E-state index >= 15 is 0 Å². The summed E-state index contributed by atoms with van der Waals surface area (Å²) in [5.41, 5.74) is 6.28. The number of hydrogen-bond donors (Lipinski definition) is 2. The first-order valence-electron chi connectivity index (χ1n) is 7.03. The van der Waals surface area contributed by atoms with Gasteiger partial charge >= 0.3 is 0 Å². The molecule has 3 nitrogen and oxygen atoms in total. The number of rotatable bonds is 4. The molecule has 0 saturated carbocycles. The van der Waals surface area contributed by atoms with Gasteiger partial charge in [0.25, 0.3) is 0 Å². The van der Waals surface area contributed by atoms with E-state index in [0.717, 1.165) is 10.9 Å². The minimum Gasteiger partial charge on any atom is -0.348 e.